The van der Waals surface area contributed by atoms with Gasteiger partial charge in [0.25, 0.3) is 0 Å². The average molecular weight is 284 g/mol. The summed E-state index contributed by atoms with van der Waals surface area (Å²) >= 11 is 3.11. The number of aliphatic imine (C=N–C) groups is 1. The van der Waals surface area contributed by atoms with Gasteiger partial charge in [0.15, 0.2) is 0 Å². The summed E-state index contributed by atoms with van der Waals surface area (Å²) < 4.78 is 13.9. The van der Waals surface area contributed by atoms with Gasteiger partial charge in [-0.15, -0.1) is 0 Å². The minimum atomic E-state index is -0.538. The first kappa shape index (κ1) is 11.5. The largest absolute Gasteiger partial charge is 0.235 e. The standard InChI is InChI=1S/C12H11BrFNO/c13-10-4-3-9(7-11(10)14)12(15-8-16)5-1-2-6-12/h3-4,7H,1-2,5-6H2. The van der Waals surface area contributed by atoms with Crippen molar-refractivity contribution in [3.05, 3.63) is 34.1 Å². The van der Waals surface area contributed by atoms with Crippen LogP contribution in [0, 0.1) is 5.82 Å². The minimum Gasteiger partial charge on any atom is -0.211 e. The third kappa shape index (κ3) is 1.95. The van der Waals surface area contributed by atoms with E-state index in [0.717, 1.165) is 31.2 Å². The first-order chi connectivity index (χ1) is 7.68. The van der Waals surface area contributed by atoms with E-state index in [9.17, 15) is 9.18 Å². The molecule has 1 aliphatic carbocycles. The number of rotatable bonds is 2. The van der Waals surface area contributed by atoms with E-state index in [0.29, 0.717) is 4.47 Å². The fourth-order valence-corrected chi connectivity index (χ4v) is 2.54. The highest BCUT2D eigenvalue weighted by atomic mass is 79.9. The Hall–Kier alpha value is -0.990. The van der Waals surface area contributed by atoms with E-state index in [4.69, 9.17) is 0 Å². The van der Waals surface area contributed by atoms with Crippen LogP contribution in [0.25, 0.3) is 0 Å². The first-order valence-corrected chi connectivity index (χ1v) is 6.02. The lowest BCUT2D eigenvalue weighted by molar-refractivity contribution is 0.452. The third-order valence-corrected chi connectivity index (χ3v) is 3.79. The Morgan fingerprint density at radius 2 is 2.06 bits per heavy atom. The summed E-state index contributed by atoms with van der Waals surface area (Å²) in [6, 6.07) is 4.93. The number of hydrogen-bond acceptors (Lipinski definition) is 2. The molecule has 0 aromatic heterocycles. The van der Waals surface area contributed by atoms with Crippen molar-refractivity contribution in [1.82, 2.24) is 0 Å². The van der Waals surface area contributed by atoms with Crippen LogP contribution in [0.3, 0.4) is 0 Å². The average Bonchev–Trinajstić information content (AvgIpc) is 2.72. The summed E-state index contributed by atoms with van der Waals surface area (Å²) in [7, 11) is 0. The zero-order valence-corrected chi connectivity index (χ0v) is 10.3. The van der Waals surface area contributed by atoms with Crippen LogP contribution >= 0.6 is 15.9 Å². The molecule has 0 heterocycles. The second kappa shape index (κ2) is 4.48. The maximum atomic E-state index is 13.5. The van der Waals surface area contributed by atoms with Gasteiger partial charge in [0.2, 0.25) is 6.08 Å². The molecule has 0 saturated heterocycles. The molecule has 1 aromatic rings. The maximum Gasteiger partial charge on any atom is 0.235 e. The van der Waals surface area contributed by atoms with E-state index in [1.54, 1.807) is 12.1 Å². The van der Waals surface area contributed by atoms with Gasteiger partial charge < -0.3 is 0 Å². The number of carbonyl (C=O) groups excluding carboxylic acids is 1. The predicted molar refractivity (Wildman–Crippen MR) is 62.4 cm³/mol. The van der Waals surface area contributed by atoms with E-state index in [1.807, 2.05) is 6.07 Å². The minimum absolute atomic E-state index is 0.315. The molecule has 4 heteroatoms. The number of nitrogens with zero attached hydrogens (tertiary/aromatic N) is 1. The van der Waals surface area contributed by atoms with Gasteiger partial charge >= 0.3 is 0 Å². The lowest BCUT2D eigenvalue weighted by atomic mass is 9.89. The van der Waals surface area contributed by atoms with Crippen LogP contribution in [0.2, 0.25) is 0 Å². The Morgan fingerprint density at radius 1 is 1.38 bits per heavy atom. The molecule has 1 aromatic carbocycles. The Morgan fingerprint density at radius 3 is 2.62 bits per heavy atom. The van der Waals surface area contributed by atoms with Crippen molar-refractivity contribution in [2.24, 2.45) is 4.99 Å². The Balaban J connectivity index is 2.47. The van der Waals surface area contributed by atoms with Crippen molar-refractivity contribution in [1.29, 1.82) is 0 Å². The van der Waals surface area contributed by atoms with Gasteiger partial charge in [0.05, 0.1) is 10.0 Å². The normalized spacial score (nSPS) is 18.1. The van der Waals surface area contributed by atoms with E-state index in [-0.39, 0.29) is 5.82 Å². The summed E-state index contributed by atoms with van der Waals surface area (Å²) in [5, 5.41) is 0. The maximum absolute atomic E-state index is 13.5. The van der Waals surface area contributed by atoms with Crippen LogP contribution < -0.4 is 0 Å². The van der Waals surface area contributed by atoms with E-state index in [1.165, 1.54) is 6.07 Å². The van der Waals surface area contributed by atoms with E-state index < -0.39 is 5.54 Å². The van der Waals surface area contributed by atoms with Gasteiger partial charge in [-0.25, -0.2) is 9.18 Å². The Labute approximate surface area is 102 Å². The Bertz CT molecular complexity index is 448. The van der Waals surface area contributed by atoms with Crippen molar-refractivity contribution in [2.45, 2.75) is 31.2 Å². The molecule has 2 nitrogen and oxygen atoms in total. The predicted octanol–water partition coefficient (Wildman–Crippen LogP) is 3.69. The van der Waals surface area contributed by atoms with Crippen molar-refractivity contribution in [3.8, 4) is 0 Å². The molecule has 0 amide bonds. The van der Waals surface area contributed by atoms with E-state index >= 15 is 0 Å². The van der Waals surface area contributed by atoms with Gasteiger partial charge in [-0.3, -0.25) is 0 Å². The molecular formula is C12H11BrFNO. The Kier molecular flexibility index (Phi) is 3.22. The van der Waals surface area contributed by atoms with Crippen molar-refractivity contribution in [2.75, 3.05) is 0 Å². The summed E-state index contributed by atoms with van der Waals surface area (Å²) in [6.07, 6.45) is 5.25. The van der Waals surface area contributed by atoms with Gasteiger partial charge in [-0.05, 0) is 46.5 Å². The monoisotopic (exact) mass is 283 g/mol. The highest BCUT2D eigenvalue weighted by molar-refractivity contribution is 9.10. The van der Waals surface area contributed by atoms with Gasteiger partial charge in [-0.2, -0.15) is 4.99 Å². The highest BCUT2D eigenvalue weighted by Crippen LogP contribution is 2.42. The highest BCUT2D eigenvalue weighted by Gasteiger charge is 2.35. The number of benzene rings is 1. The van der Waals surface area contributed by atoms with Crippen LogP contribution in [0.15, 0.2) is 27.7 Å². The first-order valence-electron chi connectivity index (χ1n) is 5.22. The molecule has 1 fully saturated rings. The van der Waals surface area contributed by atoms with E-state index in [2.05, 4.69) is 20.9 Å². The second-order valence-electron chi connectivity index (χ2n) is 4.07. The van der Waals surface area contributed by atoms with Crippen molar-refractivity contribution >= 4 is 22.0 Å². The smallest absolute Gasteiger partial charge is 0.211 e. The molecule has 1 aliphatic rings. The zero-order valence-electron chi connectivity index (χ0n) is 8.67. The summed E-state index contributed by atoms with van der Waals surface area (Å²) in [5.41, 5.74) is 0.234. The molecule has 1 saturated carbocycles. The molecule has 16 heavy (non-hydrogen) atoms. The third-order valence-electron chi connectivity index (χ3n) is 3.15. The van der Waals surface area contributed by atoms with Crippen LogP contribution in [-0.2, 0) is 10.3 Å². The summed E-state index contributed by atoms with van der Waals surface area (Å²) in [5.74, 6) is -0.315. The SMILES string of the molecule is O=C=NC1(c2ccc(Br)c(F)c2)CCCC1. The topological polar surface area (TPSA) is 29.4 Å². The molecule has 0 spiro atoms. The lowest BCUT2D eigenvalue weighted by Gasteiger charge is -2.22. The molecule has 0 aliphatic heterocycles. The number of isocyanates is 1. The van der Waals surface area contributed by atoms with Crippen LogP contribution in [0.4, 0.5) is 4.39 Å². The van der Waals surface area contributed by atoms with Crippen LogP contribution in [-0.4, -0.2) is 6.08 Å². The molecule has 0 bridgehead atoms. The molecule has 0 unspecified atom stereocenters. The second-order valence-corrected chi connectivity index (χ2v) is 4.93. The van der Waals surface area contributed by atoms with Gasteiger partial charge in [-0.1, -0.05) is 18.9 Å². The quantitative estimate of drug-likeness (QED) is 0.601. The number of hydrogen-bond donors (Lipinski definition) is 0. The molecule has 2 rings (SSSR count). The van der Waals surface area contributed by atoms with Crippen molar-refractivity contribution < 1.29 is 9.18 Å². The van der Waals surface area contributed by atoms with Gasteiger partial charge in [0.1, 0.15) is 5.82 Å². The number of halogens is 2. The van der Waals surface area contributed by atoms with Crippen molar-refractivity contribution in [3.63, 3.8) is 0 Å². The molecule has 0 atom stereocenters. The zero-order chi connectivity index (χ0) is 11.6. The molecule has 0 N–H and O–H groups in total. The molecule has 84 valence electrons. The molecular weight excluding hydrogens is 273 g/mol. The fraction of sp³-hybridized carbons (Fsp3) is 0.417. The summed E-state index contributed by atoms with van der Waals surface area (Å²) in [4.78, 5) is 14.4. The van der Waals surface area contributed by atoms with Crippen LogP contribution in [0.1, 0.15) is 31.2 Å². The fourth-order valence-electron chi connectivity index (χ4n) is 2.30. The van der Waals surface area contributed by atoms with Crippen LogP contribution in [0.5, 0.6) is 0 Å². The summed E-state index contributed by atoms with van der Waals surface area (Å²) in [6.45, 7) is 0. The molecule has 0 radical (unpaired) electrons. The van der Waals surface area contributed by atoms with Gasteiger partial charge in [0, 0.05) is 0 Å². The lowest BCUT2D eigenvalue weighted by Crippen LogP contribution is -2.19.